The number of nitrogens with one attached hydrogen (secondary N) is 1. The van der Waals surface area contributed by atoms with Gasteiger partial charge < -0.3 is 19.9 Å². The molecule has 1 fully saturated rings. The second-order valence-electron chi connectivity index (χ2n) is 6.52. The topological polar surface area (TPSA) is 84.9 Å². The van der Waals surface area contributed by atoms with Crippen LogP contribution in [0.2, 0.25) is 0 Å². The predicted molar refractivity (Wildman–Crippen MR) is 78.2 cm³/mol. The van der Waals surface area contributed by atoms with Gasteiger partial charge in [-0.25, -0.2) is 9.59 Å². The highest BCUT2D eigenvalue weighted by Crippen LogP contribution is 2.21. The molecule has 21 heavy (non-hydrogen) atoms. The minimum absolute atomic E-state index is 0.423. The third-order valence-corrected chi connectivity index (χ3v) is 3.44. The lowest BCUT2D eigenvalue weighted by Gasteiger charge is -2.23. The molecule has 0 aromatic carbocycles. The van der Waals surface area contributed by atoms with Gasteiger partial charge in [0.2, 0.25) is 0 Å². The molecule has 6 heteroatoms. The summed E-state index contributed by atoms with van der Waals surface area (Å²) >= 11 is 0. The smallest absolute Gasteiger partial charge is 0.408 e. The van der Waals surface area contributed by atoms with Gasteiger partial charge in [-0.2, -0.15) is 0 Å². The monoisotopic (exact) mass is 301 g/mol. The quantitative estimate of drug-likeness (QED) is 0.787. The van der Waals surface area contributed by atoms with Crippen molar-refractivity contribution in [2.75, 3.05) is 13.2 Å². The number of carbonyl (C=O) groups is 2. The summed E-state index contributed by atoms with van der Waals surface area (Å²) in [7, 11) is 0. The molecule has 1 amide bonds. The molecule has 1 aliphatic heterocycles. The van der Waals surface area contributed by atoms with E-state index in [9.17, 15) is 9.59 Å². The zero-order valence-electron chi connectivity index (χ0n) is 13.2. The van der Waals surface area contributed by atoms with Crippen LogP contribution < -0.4 is 5.32 Å². The molecule has 0 saturated carbocycles. The molecule has 0 aromatic rings. The van der Waals surface area contributed by atoms with E-state index in [-0.39, 0.29) is 0 Å². The summed E-state index contributed by atoms with van der Waals surface area (Å²) < 4.78 is 10.4. The second-order valence-corrected chi connectivity index (χ2v) is 6.52. The van der Waals surface area contributed by atoms with Gasteiger partial charge in [0.1, 0.15) is 11.6 Å². The molecule has 6 nitrogen and oxygen atoms in total. The van der Waals surface area contributed by atoms with Crippen LogP contribution in [0.4, 0.5) is 4.79 Å². The van der Waals surface area contributed by atoms with Crippen LogP contribution in [-0.4, -0.2) is 42.0 Å². The van der Waals surface area contributed by atoms with Crippen molar-refractivity contribution in [2.24, 2.45) is 5.92 Å². The molecule has 1 atom stereocenters. The third-order valence-electron chi connectivity index (χ3n) is 3.44. The Hall–Kier alpha value is -1.30. The van der Waals surface area contributed by atoms with Crippen molar-refractivity contribution in [3.8, 4) is 0 Å². The lowest BCUT2D eigenvalue weighted by atomic mass is 9.93. The van der Waals surface area contributed by atoms with E-state index in [2.05, 4.69) is 5.32 Å². The molecule has 1 aliphatic rings. The van der Waals surface area contributed by atoms with E-state index in [0.29, 0.717) is 12.3 Å². The molecule has 0 spiro atoms. The van der Waals surface area contributed by atoms with Gasteiger partial charge in [-0.15, -0.1) is 0 Å². The Morgan fingerprint density at radius 3 is 2.48 bits per heavy atom. The molecular weight excluding hydrogens is 274 g/mol. The van der Waals surface area contributed by atoms with Gasteiger partial charge in [-0.05, 0) is 46.0 Å². The van der Waals surface area contributed by atoms with E-state index < -0.39 is 23.7 Å². The lowest BCUT2D eigenvalue weighted by molar-refractivity contribution is -0.139. The van der Waals surface area contributed by atoms with Crippen LogP contribution >= 0.6 is 0 Å². The standard InChI is InChI=1S/C15H27NO5/c1-15(2,3)21-14(19)16-12(13(17)18)6-4-5-11-7-9-20-10-8-11/h11-12H,4-10H2,1-3H3,(H,16,19)(H,17,18). The van der Waals surface area contributed by atoms with E-state index in [0.717, 1.165) is 38.9 Å². The van der Waals surface area contributed by atoms with Crippen molar-refractivity contribution in [1.82, 2.24) is 5.32 Å². The molecule has 0 radical (unpaired) electrons. The average molecular weight is 301 g/mol. The molecular formula is C15H27NO5. The van der Waals surface area contributed by atoms with Gasteiger partial charge in [0.15, 0.2) is 0 Å². The number of hydrogen-bond donors (Lipinski definition) is 2. The number of ether oxygens (including phenoxy) is 2. The van der Waals surface area contributed by atoms with Crippen molar-refractivity contribution in [1.29, 1.82) is 0 Å². The zero-order chi connectivity index (χ0) is 15.9. The van der Waals surface area contributed by atoms with Crippen LogP contribution in [0, 0.1) is 5.92 Å². The molecule has 1 saturated heterocycles. The maximum absolute atomic E-state index is 11.6. The molecule has 2 N–H and O–H groups in total. The fraction of sp³-hybridized carbons (Fsp3) is 0.867. The van der Waals surface area contributed by atoms with Crippen LogP contribution in [0.5, 0.6) is 0 Å². The number of carboxylic acids is 1. The fourth-order valence-corrected chi connectivity index (χ4v) is 2.35. The number of aliphatic carboxylic acids is 1. The first kappa shape index (κ1) is 17.8. The maximum atomic E-state index is 11.6. The maximum Gasteiger partial charge on any atom is 0.408 e. The summed E-state index contributed by atoms with van der Waals surface area (Å²) in [4.78, 5) is 22.8. The highest BCUT2D eigenvalue weighted by Gasteiger charge is 2.24. The summed E-state index contributed by atoms with van der Waals surface area (Å²) in [5.41, 5.74) is -0.630. The molecule has 1 unspecified atom stereocenters. The number of amides is 1. The summed E-state index contributed by atoms with van der Waals surface area (Å²) in [6.07, 6.45) is 3.57. The molecule has 1 heterocycles. The third kappa shape index (κ3) is 7.90. The zero-order valence-corrected chi connectivity index (χ0v) is 13.2. The lowest BCUT2D eigenvalue weighted by Crippen LogP contribution is -2.43. The van der Waals surface area contributed by atoms with E-state index in [1.807, 2.05) is 0 Å². The van der Waals surface area contributed by atoms with Crippen molar-refractivity contribution >= 4 is 12.1 Å². The fourth-order valence-electron chi connectivity index (χ4n) is 2.35. The SMILES string of the molecule is CC(C)(C)OC(=O)NC(CCCC1CCOCC1)C(=O)O. The van der Waals surface area contributed by atoms with Crippen molar-refractivity contribution in [3.05, 3.63) is 0 Å². The average Bonchev–Trinajstić information content (AvgIpc) is 2.36. The largest absolute Gasteiger partial charge is 0.480 e. The molecule has 0 aliphatic carbocycles. The van der Waals surface area contributed by atoms with E-state index in [4.69, 9.17) is 14.6 Å². The molecule has 0 aromatic heterocycles. The van der Waals surface area contributed by atoms with Crippen LogP contribution in [0.15, 0.2) is 0 Å². The van der Waals surface area contributed by atoms with Gasteiger partial charge in [0, 0.05) is 13.2 Å². The van der Waals surface area contributed by atoms with Crippen molar-refractivity contribution in [2.45, 2.75) is 64.5 Å². The molecule has 122 valence electrons. The van der Waals surface area contributed by atoms with Crippen LogP contribution in [0.1, 0.15) is 52.9 Å². The van der Waals surface area contributed by atoms with E-state index >= 15 is 0 Å². The molecule has 1 rings (SSSR count). The minimum Gasteiger partial charge on any atom is -0.480 e. The first-order valence-electron chi connectivity index (χ1n) is 7.58. The summed E-state index contributed by atoms with van der Waals surface area (Å²) in [6.45, 7) is 6.82. The number of rotatable bonds is 6. The van der Waals surface area contributed by atoms with Crippen molar-refractivity contribution in [3.63, 3.8) is 0 Å². The number of carboxylic acid groups (broad SMARTS) is 1. The normalized spacial score (nSPS) is 18.0. The Morgan fingerprint density at radius 1 is 1.33 bits per heavy atom. The Bertz CT molecular complexity index is 344. The summed E-state index contributed by atoms with van der Waals surface area (Å²) in [6, 6.07) is -0.889. The summed E-state index contributed by atoms with van der Waals surface area (Å²) in [5.74, 6) is -0.414. The Labute approximate surface area is 126 Å². The first-order valence-corrected chi connectivity index (χ1v) is 7.58. The summed E-state index contributed by atoms with van der Waals surface area (Å²) in [5, 5.41) is 11.6. The van der Waals surface area contributed by atoms with Crippen molar-refractivity contribution < 1.29 is 24.2 Å². The van der Waals surface area contributed by atoms with Gasteiger partial charge >= 0.3 is 12.1 Å². The Kier molecular flexibility index (Phi) is 6.95. The van der Waals surface area contributed by atoms with Gasteiger partial charge in [-0.3, -0.25) is 0 Å². The van der Waals surface area contributed by atoms with Gasteiger partial charge in [-0.1, -0.05) is 12.8 Å². The van der Waals surface area contributed by atoms with Crippen LogP contribution in [0.3, 0.4) is 0 Å². The van der Waals surface area contributed by atoms with Gasteiger partial charge in [0.05, 0.1) is 0 Å². The number of alkyl carbamates (subject to hydrolysis) is 1. The van der Waals surface area contributed by atoms with Crippen LogP contribution in [0.25, 0.3) is 0 Å². The number of carbonyl (C=O) groups excluding carboxylic acids is 1. The van der Waals surface area contributed by atoms with Gasteiger partial charge in [0.25, 0.3) is 0 Å². The first-order chi connectivity index (χ1) is 9.78. The number of hydrogen-bond acceptors (Lipinski definition) is 4. The Morgan fingerprint density at radius 2 is 1.95 bits per heavy atom. The van der Waals surface area contributed by atoms with Crippen LogP contribution in [-0.2, 0) is 14.3 Å². The highest BCUT2D eigenvalue weighted by atomic mass is 16.6. The highest BCUT2D eigenvalue weighted by molar-refractivity contribution is 5.79. The predicted octanol–water partition coefficient (Wildman–Crippen LogP) is 2.56. The van der Waals surface area contributed by atoms with E-state index in [1.54, 1.807) is 20.8 Å². The molecule has 0 bridgehead atoms. The second kappa shape index (κ2) is 8.22. The van der Waals surface area contributed by atoms with E-state index in [1.165, 1.54) is 0 Å². The Balaban J connectivity index is 2.32. The minimum atomic E-state index is -1.02.